The molecule has 0 spiro atoms. The Morgan fingerprint density at radius 3 is 2.62 bits per heavy atom. The normalized spacial score (nSPS) is 16.8. The van der Waals surface area contributed by atoms with Gasteiger partial charge in [-0.2, -0.15) is 0 Å². The number of hydrogen-bond acceptors (Lipinski definition) is 7. The Morgan fingerprint density at radius 1 is 1.19 bits per heavy atom. The van der Waals surface area contributed by atoms with Crippen LogP contribution in [0.15, 0.2) is 41.4 Å². The number of nitrogens with one attached hydrogen (secondary N) is 2. The van der Waals surface area contributed by atoms with Gasteiger partial charge in [0.15, 0.2) is 9.84 Å². The van der Waals surface area contributed by atoms with E-state index in [0.29, 0.717) is 16.7 Å². The fourth-order valence-electron chi connectivity index (χ4n) is 3.33. The number of carbonyl (C=O) groups is 1. The molecule has 1 aliphatic rings. The molecule has 2 aromatic carbocycles. The third kappa shape index (κ3) is 4.50. The van der Waals surface area contributed by atoms with E-state index in [1.807, 2.05) is 0 Å². The van der Waals surface area contributed by atoms with Crippen molar-refractivity contribution in [2.24, 2.45) is 0 Å². The fourth-order valence-corrected chi connectivity index (χ4v) is 7.17. The van der Waals surface area contributed by atoms with Crippen LogP contribution in [0.1, 0.15) is 10.4 Å². The van der Waals surface area contributed by atoms with Crippen LogP contribution in [0.5, 0.6) is 0 Å². The van der Waals surface area contributed by atoms with Gasteiger partial charge in [-0.3, -0.25) is 4.98 Å². The molecule has 168 valence electrons. The minimum atomic E-state index is -3.84. The minimum Gasteiger partial charge on any atom is -0.478 e. The molecule has 4 rings (SSSR count). The van der Waals surface area contributed by atoms with Crippen molar-refractivity contribution in [3.8, 4) is 0 Å². The van der Waals surface area contributed by atoms with E-state index in [0.717, 1.165) is 6.54 Å². The molecule has 1 aromatic heterocycles. The lowest BCUT2D eigenvalue weighted by atomic mass is 10.1. The summed E-state index contributed by atoms with van der Waals surface area (Å²) in [5, 5.41) is 16.8. The van der Waals surface area contributed by atoms with E-state index >= 15 is 0 Å². The van der Waals surface area contributed by atoms with Crippen molar-refractivity contribution in [3.63, 3.8) is 0 Å². The van der Waals surface area contributed by atoms with E-state index in [1.54, 1.807) is 0 Å². The Hall–Kier alpha value is -1.75. The number of halogens is 3. The van der Waals surface area contributed by atoms with Gasteiger partial charge in [-0.05, 0) is 30.3 Å². The molecule has 1 unspecified atom stereocenters. The third-order valence-corrected chi connectivity index (χ3v) is 9.78. The summed E-state index contributed by atoms with van der Waals surface area (Å²) in [6.45, 7) is 1.01. The van der Waals surface area contributed by atoms with Crippen molar-refractivity contribution in [1.29, 1.82) is 0 Å². The van der Waals surface area contributed by atoms with Crippen LogP contribution in [0.2, 0.25) is 15.1 Å². The van der Waals surface area contributed by atoms with Crippen molar-refractivity contribution in [3.05, 3.63) is 57.2 Å². The number of aromatic nitrogens is 1. The molecule has 1 aliphatic heterocycles. The lowest BCUT2D eigenvalue weighted by Crippen LogP contribution is -2.37. The van der Waals surface area contributed by atoms with Crippen molar-refractivity contribution < 1.29 is 18.3 Å². The summed E-state index contributed by atoms with van der Waals surface area (Å²) in [6, 6.07) is 7.31. The average molecular weight is 533 g/mol. The number of aromatic carboxylic acids is 1. The lowest BCUT2D eigenvalue weighted by Gasteiger charge is -2.24. The Balaban J connectivity index is 1.95. The Kier molecular flexibility index (Phi) is 6.76. The number of carboxylic acid groups (broad SMARTS) is 1. The number of rotatable bonds is 5. The van der Waals surface area contributed by atoms with Gasteiger partial charge in [0.2, 0.25) is 0 Å². The van der Waals surface area contributed by atoms with Crippen LogP contribution in [0.4, 0.5) is 11.4 Å². The highest BCUT2D eigenvalue weighted by Crippen LogP contribution is 2.39. The van der Waals surface area contributed by atoms with Crippen molar-refractivity contribution in [1.82, 2.24) is 10.3 Å². The highest BCUT2D eigenvalue weighted by Gasteiger charge is 2.33. The molecule has 0 saturated carbocycles. The number of nitrogens with zero attached hydrogens (tertiary/aromatic N) is 1. The van der Waals surface area contributed by atoms with Crippen molar-refractivity contribution in [2.45, 2.75) is 9.48 Å². The zero-order chi connectivity index (χ0) is 23.0. The summed E-state index contributed by atoms with van der Waals surface area (Å²) < 4.78 is 26.3. The van der Waals surface area contributed by atoms with Gasteiger partial charge in [0, 0.05) is 35.4 Å². The van der Waals surface area contributed by atoms with E-state index in [9.17, 15) is 18.3 Å². The van der Waals surface area contributed by atoms with Crippen LogP contribution in [0, 0.1) is 0 Å². The monoisotopic (exact) mass is 531 g/mol. The summed E-state index contributed by atoms with van der Waals surface area (Å²) in [6.07, 6.45) is 1.26. The number of benzene rings is 2. The predicted octanol–water partition coefficient (Wildman–Crippen LogP) is 5.07. The molecule has 1 saturated heterocycles. The number of anilines is 2. The first-order chi connectivity index (χ1) is 15.2. The molecule has 3 aromatic rings. The third-order valence-electron chi connectivity index (χ3n) is 4.89. The second-order valence-corrected chi connectivity index (χ2v) is 11.9. The number of hydrogen-bond donors (Lipinski definition) is 3. The van der Waals surface area contributed by atoms with Gasteiger partial charge in [-0.1, -0.05) is 34.8 Å². The van der Waals surface area contributed by atoms with E-state index < -0.39 is 20.4 Å². The van der Waals surface area contributed by atoms with Gasteiger partial charge in [0.25, 0.3) is 0 Å². The van der Waals surface area contributed by atoms with E-state index in [2.05, 4.69) is 15.6 Å². The topological polar surface area (TPSA) is 108 Å². The van der Waals surface area contributed by atoms with Crippen LogP contribution < -0.4 is 10.6 Å². The first kappa shape index (κ1) is 23.4. The number of pyridine rings is 1. The highest BCUT2D eigenvalue weighted by atomic mass is 35.5. The zero-order valence-electron chi connectivity index (χ0n) is 16.2. The second-order valence-electron chi connectivity index (χ2n) is 6.95. The molecule has 0 bridgehead atoms. The second kappa shape index (κ2) is 9.24. The maximum atomic E-state index is 13.5. The van der Waals surface area contributed by atoms with Crippen LogP contribution in [0.3, 0.4) is 0 Å². The van der Waals surface area contributed by atoms with Crippen LogP contribution in [0.25, 0.3) is 10.9 Å². The van der Waals surface area contributed by atoms with Crippen LogP contribution in [-0.4, -0.2) is 47.9 Å². The Bertz CT molecular complexity index is 1330. The summed E-state index contributed by atoms with van der Waals surface area (Å²) in [5.74, 6) is -0.569. The molecular weight excluding hydrogens is 517 g/mol. The molecule has 1 atom stereocenters. The maximum absolute atomic E-state index is 13.5. The lowest BCUT2D eigenvalue weighted by molar-refractivity contribution is 0.0698. The van der Waals surface area contributed by atoms with Crippen molar-refractivity contribution >= 4 is 84.6 Å². The molecule has 2 heterocycles. The van der Waals surface area contributed by atoms with E-state index in [1.165, 1.54) is 48.3 Å². The Morgan fingerprint density at radius 2 is 1.94 bits per heavy atom. The van der Waals surface area contributed by atoms with Gasteiger partial charge in [-0.25, -0.2) is 13.2 Å². The van der Waals surface area contributed by atoms with Crippen molar-refractivity contribution in [2.75, 3.05) is 24.2 Å². The SMILES string of the molecule is O=C(O)c1cc(Cl)ccc1Nc1c(S(=O)(=O)C2CNCCS2)cnc2cc(Cl)c(Cl)cc12. The van der Waals surface area contributed by atoms with Crippen LogP contribution in [-0.2, 0) is 9.84 Å². The zero-order valence-corrected chi connectivity index (χ0v) is 20.1. The first-order valence-electron chi connectivity index (χ1n) is 9.32. The molecule has 0 radical (unpaired) electrons. The van der Waals surface area contributed by atoms with Gasteiger partial charge in [0.1, 0.15) is 9.48 Å². The Labute approximate surface area is 203 Å². The van der Waals surface area contributed by atoms with E-state index in [-0.39, 0.29) is 43.4 Å². The molecule has 7 nitrogen and oxygen atoms in total. The quantitative estimate of drug-likeness (QED) is 0.418. The summed E-state index contributed by atoms with van der Waals surface area (Å²) in [7, 11) is -3.84. The molecule has 12 heteroatoms. The first-order valence-corrected chi connectivity index (χ1v) is 13.0. The predicted molar refractivity (Wildman–Crippen MR) is 130 cm³/mol. The molecule has 1 fully saturated rings. The molecule has 32 heavy (non-hydrogen) atoms. The maximum Gasteiger partial charge on any atom is 0.337 e. The summed E-state index contributed by atoms with van der Waals surface area (Å²) in [5.41, 5.74) is 0.636. The number of fused-ring (bicyclic) bond motifs is 1. The standard InChI is InChI=1S/C20H16Cl3N3O4S2/c21-10-1-2-15(12(5-10)20(27)28)26-19-11-6-13(22)14(23)7-16(11)25-8-17(19)32(29,30)18-9-24-3-4-31-18/h1-2,5-8,18,24H,3-4,9H2,(H,25,26)(H,27,28). The van der Waals surface area contributed by atoms with Gasteiger partial charge in [0.05, 0.1) is 32.5 Å². The molecule has 3 N–H and O–H groups in total. The largest absolute Gasteiger partial charge is 0.478 e. The van der Waals surface area contributed by atoms with E-state index in [4.69, 9.17) is 34.8 Å². The van der Waals surface area contributed by atoms with Gasteiger partial charge in [-0.15, -0.1) is 11.8 Å². The van der Waals surface area contributed by atoms with Crippen LogP contribution >= 0.6 is 46.6 Å². The number of carboxylic acids is 1. The minimum absolute atomic E-state index is 0.0594. The highest BCUT2D eigenvalue weighted by molar-refractivity contribution is 8.13. The molecule has 0 aliphatic carbocycles. The number of sulfone groups is 1. The molecular formula is C20H16Cl3N3O4S2. The van der Waals surface area contributed by atoms with Gasteiger partial charge >= 0.3 is 5.97 Å². The number of thioether (sulfide) groups is 1. The van der Waals surface area contributed by atoms with Gasteiger partial charge < -0.3 is 15.7 Å². The molecule has 0 amide bonds. The summed E-state index contributed by atoms with van der Waals surface area (Å²) in [4.78, 5) is 16.0. The smallest absolute Gasteiger partial charge is 0.337 e. The average Bonchev–Trinajstić information content (AvgIpc) is 2.76. The summed E-state index contributed by atoms with van der Waals surface area (Å²) >= 11 is 19.6. The fraction of sp³-hybridized carbons (Fsp3) is 0.200.